The van der Waals surface area contributed by atoms with Gasteiger partial charge in [0.25, 0.3) is 0 Å². The molecular formula is C38H60N6. The largest absolute Gasteiger partial charge is 0.375 e. The highest BCUT2D eigenvalue weighted by molar-refractivity contribution is 6.52. The van der Waals surface area contributed by atoms with Gasteiger partial charge in [-0.05, 0) is 133 Å². The van der Waals surface area contributed by atoms with E-state index in [1.165, 1.54) is 119 Å². The summed E-state index contributed by atoms with van der Waals surface area (Å²) in [5.41, 5.74) is 6.67. The average molecular weight is 601 g/mol. The number of allylic oxidation sites excluding steroid dienone is 6. The second-order valence-corrected chi connectivity index (χ2v) is 14.0. The van der Waals surface area contributed by atoms with Crippen LogP contribution in [0.25, 0.3) is 0 Å². The van der Waals surface area contributed by atoms with Crippen molar-refractivity contribution in [2.45, 2.75) is 110 Å². The monoisotopic (exact) mass is 600 g/mol. The molecule has 6 nitrogen and oxygen atoms in total. The summed E-state index contributed by atoms with van der Waals surface area (Å²) in [5, 5.41) is 0. The molecule has 5 aliphatic rings. The molecule has 6 heteroatoms. The third-order valence-corrected chi connectivity index (χ3v) is 10.9. The van der Waals surface area contributed by atoms with Gasteiger partial charge in [0, 0.05) is 44.5 Å². The molecule has 0 aromatic rings. The molecule has 1 saturated carbocycles. The SMILES string of the molecule is CCC/C=C/C(=C\N=C(/C)N(C)[C@H]1CC[C@@H](CCC2=CCC(N3CCCCC3)=CC3=NCCN=C23)CC1)C1CCN(C)CC1. The second-order valence-electron chi connectivity index (χ2n) is 14.0. The highest BCUT2D eigenvalue weighted by Gasteiger charge is 2.27. The van der Waals surface area contributed by atoms with Crippen LogP contribution in [0.1, 0.15) is 104 Å². The molecule has 0 radical (unpaired) electrons. The Balaban J connectivity index is 1.14. The molecule has 0 amide bonds. The Hall–Kier alpha value is -2.47. The first-order chi connectivity index (χ1) is 21.5. The molecule has 0 aromatic carbocycles. The number of rotatable bonds is 10. The summed E-state index contributed by atoms with van der Waals surface area (Å²) >= 11 is 0. The first-order valence-corrected chi connectivity index (χ1v) is 18.1. The minimum atomic E-state index is 0.598. The van der Waals surface area contributed by atoms with E-state index in [1.54, 1.807) is 0 Å². The van der Waals surface area contributed by atoms with Gasteiger partial charge in [-0.3, -0.25) is 9.98 Å². The summed E-state index contributed by atoms with van der Waals surface area (Å²) in [5.74, 6) is 2.60. The smallest absolute Gasteiger partial charge is 0.101 e. The fourth-order valence-electron chi connectivity index (χ4n) is 7.75. The molecule has 2 aliphatic carbocycles. The average Bonchev–Trinajstić information content (AvgIpc) is 3.25. The molecule has 44 heavy (non-hydrogen) atoms. The Bertz CT molecular complexity index is 1150. The molecule has 5 rings (SSSR count). The number of amidine groups is 1. The fraction of sp³-hybridized carbons (Fsp3) is 0.711. The van der Waals surface area contributed by atoms with E-state index in [2.05, 4.69) is 73.1 Å². The first kappa shape index (κ1) is 32.9. The lowest BCUT2D eigenvalue weighted by Gasteiger charge is -2.36. The third kappa shape index (κ3) is 9.05. The van der Waals surface area contributed by atoms with Crippen LogP contribution in [0.3, 0.4) is 0 Å². The lowest BCUT2D eigenvalue weighted by atomic mass is 9.81. The Morgan fingerprint density at radius 2 is 1.75 bits per heavy atom. The number of aliphatic imine (C=N–C) groups is 3. The van der Waals surface area contributed by atoms with Crippen LogP contribution in [0.2, 0.25) is 0 Å². The quantitative estimate of drug-likeness (QED) is 0.146. The van der Waals surface area contributed by atoms with E-state index in [9.17, 15) is 0 Å². The van der Waals surface area contributed by atoms with Crippen molar-refractivity contribution >= 4 is 17.3 Å². The standard InChI is InChI=1S/C38H60N6/c1-5-6-8-11-34(32-20-26-42(3)27-21-32)29-41-30(2)43(4)35-17-13-31(14-18-35)12-15-33-16-19-36(44-24-9-7-10-25-44)28-37-38(33)40-23-22-39-37/h8,11,16,28-29,31-32,35H,5-7,9-10,12-15,17-27H2,1-4H3/b11-8+,34-29+,41-30+/t31-,35+. The van der Waals surface area contributed by atoms with E-state index in [-0.39, 0.29) is 0 Å². The number of nitrogens with zero attached hydrogens (tertiary/aromatic N) is 6. The Kier molecular flexibility index (Phi) is 12.5. The molecule has 0 N–H and O–H groups in total. The number of unbranched alkanes of at least 4 members (excludes halogenated alkanes) is 1. The number of hydrogen-bond donors (Lipinski definition) is 0. The van der Waals surface area contributed by atoms with Gasteiger partial charge in [0.15, 0.2) is 0 Å². The highest BCUT2D eigenvalue weighted by atomic mass is 15.2. The van der Waals surface area contributed by atoms with E-state index in [4.69, 9.17) is 15.0 Å². The van der Waals surface area contributed by atoms with Gasteiger partial charge in [-0.1, -0.05) is 31.6 Å². The van der Waals surface area contributed by atoms with Gasteiger partial charge in [0.05, 0.1) is 24.5 Å². The van der Waals surface area contributed by atoms with Crippen LogP contribution in [-0.4, -0.2) is 91.4 Å². The summed E-state index contributed by atoms with van der Waals surface area (Å²) in [4.78, 5) is 22.5. The van der Waals surface area contributed by atoms with E-state index in [0.717, 1.165) is 49.8 Å². The summed E-state index contributed by atoms with van der Waals surface area (Å²) in [7, 11) is 4.51. The Labute approximate surface area is 268 Å². The molecule has 2 saturated heterocycles. The van der Waals surface area contributed by atoms with E-state index in [1.807, 2.05) is 0 Å². The molecule has 0 bridgehead atoms. The molecule has 3 fully saturated rings. The van der Waals surface area contributed by atoms with Crippen molar-refractivity contribution in [3.05, 3.63) is 47.3 Å². The molecular weight excluding hydrogens is 540 g/mol. The second kappa shape index (κ2) is 16.7. The van der Waals surface area contributed by atoms with Gasteiger partial charge in [-0.25, -0.2) is 4.99 Å². The van der Waals surface area contributed by atoms with Gasteiger partial charge in [0.2, 0.25) is 0 Å². The van der Waals surface area contributed by atoms with Crippen molar-refractivity contribution in [2.24, 2.45) is 26.8 Å². The molecule has 3 heterocycles. The molecule has 0 spiro atoms. The van der Waals surface area contributed by atoms with Gasteiger partial charge < -0.3 is 14.7 Å². The Morgan fingerprint density at radius 3 is 2.50 bits per heavy atom. The van der Waals surface area contributed by atoms with Gasteiger partial charge >= 0.3 is 0 Å². The number of likely N-dealkylation sites (tertiary alicyclic amines) is 2. The fourth-order valence-corrected chi connectivity index (χ4v) is 7.75. The maximum absolute atomic E-state index is 5.05. The van der Waals surface area contributed by atoms with Crippen molar-refractivity contribution in [1.29, 1.82) is 0 Å². The number of piperidine rings is 2. The van der Waals surface area contributed by atoms with Gasteiger partial charge in [-0.2, -0.15) is 0 Å². The molecule has 3 aliphatic heterocycles. The number of hydrogen-bond acceptors (Lipinski definition) is 5. The zero-order valence-corrected chi connectivity index (χ0v) is 28.4. The van der Waals surface area contributed by atoms with Gasteiger partial charge in [-0.15, -0.1) is 0 Å². The minimum Gasteiger partial charge on any atom is -0.375 e. The van der Waals surface area contributed by atoms with E-state index < -0.39 is 0 Å². The summed E-state index contributed by atoms with van der Waals surface area (Å²) < 4.78 is 0. The van der Waals surface area contributed by atoms with Crippen molar-refractivity contribution in [3.8, 4) is 0 Å². The summed E-state index contributed by atoms with van der Waals surface area (Å²) in [6.45, 7) is 10.9. The number of fused-ring (bicyclic) bond motifs is 1. The van der Waals surface area contributed by atoms with Crippen LogP contribution < -0.4 is 0 Å². The van der Waals surface area contributed by atoms with Crippen LogP contribution in [0.4, 0.5) is 0 Å². The maximum atomic E-state index is 5.05. The molecule has 0 unspecified atom stereocenters. The molecule has 0 atom stereocenters. The van der Waals surface area contributed by atoms with Crippen molar-refractivity contribution in [2.75, 3.05) is 53.4 Å². The lowest BCUT2D eigenvalue weighted by Crippen LogP contribution is -2.38. The zero-order valence-electron chi connectivity index (χ0n) is 28.4. The third-order valence-electron chi connectivity index (χ3n) is 10.9. The zero-order chi connectivity index (χ0) is 30.7. The van der Waals surface area contributed by atoms with Crippen molar-refractivity contribution < 1.29 is 0 Å². The first-order valence-electron chi connectivity index (χ1n) is 18.1. The van der Waals surface area contributed by atoms with Crippen LogP contribution in [0.5, 0.6) is 0 Å². The minimum absolute atomic E-state index is 0.598. The van der Waals surface area contributed by atoms with Crippen molar-refractivity contribution in [3.63, 3.8) is 0 Å². The maximum Gasteiger partial charge on any atom is 0.101 e. The van der Waals surface area contributed by atoms with E-state index >= 15 is 0 Å². The normalized spacial score (nSPS) is 26.5. The lowest BCUT2D eigenvalue weighted by molar-refractivity contribution is 0.222. The van der Waals surface area contributed by atoms with Crippen LogP contribution in [0.15, 0.2) is 62.3 Å². The predicted molar refractivity (Wildman–Crippen MR) is 189 cm³/mol. The topological polar surface area (TPSA) is 46.8 Å². The van der Waals surface area contributed by atoms with Crippen LogP contribution >= 0.6 is 0 Å². The van der Waals surface area contributed by atoms with Crippen molar-refractivity contribution in [1.82, 2.24) is 14.7 Å². The predicted octanol–water partition coefficient (Wildman–Crippen LogP) is 7.85. The molecule has 0 aromatic heterocycles. The van der Waals surface area contributed by atoms with E-state index in [0.29, 0.717) is 12.0 Å². The van der Waals surface area contributed by atoms with Gasteiger partial charge in [0.1, 0.15) is 5.84 Å². The summed E-state index contributed by atoms with van der Waals surface area (Å²) in [6.07, 6.45) is 29.2. The molecule has 242 valence electrons. The highest BCUT2D eigenvalue weighted by Crippen LogP contribution is 2.33. The summed E-state index contributed by atoms with van der Waals surface area (Å²) in [6, 6.07) is 0.598. The van der Waals surface area contributed by atoms with Crippen LogP contribution in [-0.2, 0) is 0 Å². The van der Waals surface area contributed by atoms with Crippen LogP contribution in [0, 0.1) is 11.8 Å². The Morgan fingerprint density at radius 1 is 1.00 bits per heavy atom.